The van der Waals surface area contributed by atoms with Crippen molar-refractivity contribution >= 4 is 5.78 Å². The Morgan fingerprint density at radius 3 is 2.22 bits per heavy atom. The predicted octanol–water partition coefficient (Wildman–Crippen LogP) is 1.18. The molecule has 1 rings (SSSR count). The molecule has 1 fully saturated rings. The average Bonchev–Trinajstić information content (AvgIpc) is 2.40. The van der Waals surface area contributed by atoms with Gasteiger partial charge in [0.1, 0.15) is 0 Å². The highest BCUT2D eigenvalue weighted by Gasteiger charge is 2.15. The van der Waals surface area contributed by atoms with Gasteiger partial charge in [-0.2, -0.15) is 0 Å². The van der Waals surface area contributed by atoms with Gasteiger partial charge >= 0.3 is 0 Å². The molecule has 18 heavy (non-hydrogen) atoms. The first kappa shape index (κ1) is 15.3. The second kappa shape index (κ2) is 9.25. The molecule has 0 aliphatic carbocycles. The molecule has 4 heteroatoms. The molecule has 0 bridgehead atoms. The number of hydrogen-bond donors (Lipinski definition) is 0. The minimum Gasteiger partial charge on any atom is -0.385 e. The zero-order valence-corrected chi connectivity index (χ0v) is 11.6. The summed E-state index contributed by atoms with van der Waals surface area (Å²) in [4.78, 5) is 16.0. The molecule has 0 radical (unpaired) electrons. The van der Waals surface area contributed by atoms with Crippen LogP contribution < -0.4 is 0 Å². The van der Waals surface area contributed by atoms with E-state index in [9.17, 15) is 4.79 Å². The van der Waals surface area contributed by atoms with E-state index in [2.05, 4.69) is 16.4 Å². The zero-order valence-electron chi connectivity index (χ0n) is 11.6. The Bertz CT molecular complexity index is 248. The summed E-state index contributed by atoms with van der Waals surface area (Å²) in [6.07, 6.45) is 4.13. The number of nitrogens with zero attached hydrogens (tertiary/aromatic N) is 2. The summed E-state index contributed by atoms with van der Waals surface area (Å²) in [5.74, 6) is 0.160. The number of hydrogen-bond acceptors (Lipinski definition) is 4. The van der Waals surface area contributed by atoms with Crippen molar-refractivity contribution in [3.8, 4) is 0 Å². The van der Waals surface area contributed by atoms with E-state index < -0.39 is 0 Å². The summed E-state index contributed by atoms with van der Waals surface area (Å²) < 4.78 is 5.06. The van der Waals surface area contributed by atoms with E-state index in [0.717, 1.165) is 58.7 Å². The zero-order chi connectivity index (χ0) is 13.2. The Balaban J connectivity index is 2.04. The third-order valence-corrected chi connectivity index (χ3v) is 3.41. The minimum absolute atomic E-state index is 0.160. The second-order valence-corrected chi connectivity index (χ2v) is 4.80. The van der Waals surface area contributed by atoms with Crippen molar-refractivity contribution in [3.63, 3.8) is 0 Å². The van der Waals surface area contributed by atoms with Crippen molar-refractivity contribution in [1.29, 1.82) is 0 Å². The fourth-order valence-electron chi connectivity index (χ4n) is 2.25. The van der Waals surface area contributed by atoms with Gasteiger partial charge in [0.15, 0.2) is 5.78 Å². The van der Waals surface area contributed by atoms with Crippen LogP contribution in [-0.2, 0) is 9.53 Å². The van der Waals surface area contributed by atoms with Crippen LogP contribution in [0.15, 0.2) is 12.7 Å². The van der Waals surface area contributed by atoms with Crippen LogP contribution in [0.4, 0.5) is 0 Å². The lowest BCUT2D eigenvalue weighted by atomic mass is 10.2. The summed E-state index contributed by atoms with van der Waals surface area (Å²) in [6, 6.07) is 0. The van der Waals surface area contributed by atoms with Crippen molar-refractivity contribution in [3.05, 3.63) is 12.7 Å². The van der Waals surface area contributed by atoms with Crippen molar-refractivity contribution in [2.24, 2.45) is 0 Å². The maximum Gasteiger partial charge on any atom is 0.155 e. The van der Waals surface area contributed by atoms with E-state index >= 15 is 0 Å². The number of ketones is 1. The molecule has 0 atom stereocenters. The summed E-state index contributed by atoms with van der Waals surface area (Å²) in [5, 5.41) is 0. The molecule has 0 saturated carbocycles. The molecule has 0 amide bonds. The Morgan fingerprint density at radius 1 is 1.17 bits per heavy atom. The topological polar surface area (TPSA) is 32.8 Å². The van der Waals surface area contributed by atoms with Crippen LogP contribution in [0.25, 0.3) is 0 Å². The monoisotopic (exact) mass is 254 g/mol. The first-order valence-electron chi connectivity index (χ1n) is 6.85. The van der Waals surface area contributed by atoms with Gasteiger partial charge in [0, 0.05) is 52.9 Å². The summed E-state index contributed by atoms with van der Waals surface area (Å²) in [7, 11) is 1.75. The van der Waals surface area contributed by atoms with Crippen molar-refractivity contribution in [1.82, 2.24) is 9.80 Å². The second-order valence-electron chi connectivity index (χ2n) is 4.80. The highest BCUT2D eigenvalue weighted by molar-refractivity contribution is 5.88. The molecule has 0 unspecified atom stereocenters. The third-order valence-electron chi connectivity index (χ3n) is 3.41. The lowest BCUT2D eigenvalue weighted by Crippen LogP contribution is -2.46. The first-order chi connectivity index (χ1) is 8.76. The number of piperazine rings is 1. The van der Waals surface area contributed by atoms with Crippen LogP contribution in [0.3, 0.4) is 0 Å². The SMILES string of the molecule is C=CC(=O)CCCN1CCN(CCCOC)CC1. The van der Waals surface area contributed by atoms with E-state index in [-0.39, 0.29) is 5.78 Å². The minimum atomic E-state index is 0.160. The molecule has 0 spiro atoms. The van der Waals surface area contributed by atoms with Crippen LogP contribution >= 0.6 is 0 Å². The van der Waals surface area contributed by atoms with Crippen molar-refractivity contribution in [2.75, 3.05) is 53.0 Å². The van der Waals surface area contributed by atoms with Crippen LogP contribution in [0.2, 0.25) is 0 Å². The number of ether oxygens (including phenoxy) is 1. The van der Waals surface area contributed by atoms with E-state index in [0.29, 0.717) is 6.42 Å². The van der Waals surface area contributed by atoms with Crippen molar-refractivity contribution < 1.29 is 9.53 Å². The van der Waals surface area contributed by atoms with Crippen LogP contribution in [-0.4, -0.2) is 68.6 Å². The molecule has 104 valence electrons. The molecule has 4 nitrogen and oxygen atoms in total. The van der Waals surface area contributed by atoms with Gasteiger partial charge in [-0.3, -0.25) is 4.79 Å². The summed E-state index contributed by atoms with van der Waals surface area (Å²) >= 11 is 0. The Kier molecular flexibility index (Phi) is 7.89. The van der Waals surface area contributed by atoms with E-state index in [1.807, 2.05) is 0 Å². The standard InChI is InChI=1S/C14H26N2O2/c1-3-14(17)6-4-7-15-9-11-16(12-10-15)8-5-13-18-2/h3H,1,4-13H2,2H3. The van der Waals surface area contributed by atoms with Gasteiger partial charge in [-0.05, 0) is 25.5 Å². The molecule has 1 aliphatic rings. The van der Waals surface area contributed by atoms with E-state index in [1.54, 1.807) is 7.11 Å². The third kappa shape index (κ3) is 6.28. The summed E-state index contributed by atoms with van der Waals surface area (Å²) in [6.45, 7) is 11.0. The largest absolute Gasteiger partial charge is 0.385 e. The maximum absolute atomic E-state index is 11.1. The molecule has 0 aromatic rings. The Labute approximate surface area is 111 Å². The van der Waals surface area contributed by atoms with Gasteiger partial charge in [0.25, 0.3) is 0 Å². The number of carbonyl (C=O) groups is 1. The van der Waals surface area contributed by atoms with Crippen LogP contribution in [0.5, 0.6) is 0 Å². The Morgan fingerprint density at radius 2 is 1.72 bits per heavy atom. The smallest absolute Gasteiger partial charge is 0.155 e. The van der Waals surface area contributed by atoms with Gasteiger partial charge in [0.2, 0.25) is 0 Å². The molecular formula is C14H26N2O2. The predicted molar refractivity (Wildman–Crippen MR) is 73.8 cm³/mol. The molecular weight excluding hydrogens is 228 g/mol. The molecule has 1 heterocycles. The van der Waals surface area contributed by atoms with Gasteiger partial charge in [-0.25, -0.2) is 0 Å². The normalized spacial score (nSPS) is 17.8. The van der Waals surface area contributed by atoms with Crippen LogP contribution in [0, 0.1) is 0 Å². The molecule has 0 aromatic heterocycles. The first-order valence-corrected chi connectivity index (χ1v) is 6.85. The number of allylic oxidation sites excluding steroid dienone is 1. The average molecular weight is 254 g/mol. The highest BCUT2D eigenvalue weighted by Crippen LogP contribution is 2.04. The van der Waals surface area contributed by atoms with Crippen molar-refractivity contribution in [2.45, 2.75) is 19.3 Å². The van der Waals surface area contributed by atoms with Gasteiger partial charge in [-0.15, -0.1) is 0 Å². The van der Waals surface area contributed by atoms with E-state index in [4.69, 9.17) is 4.74 Å². The quantitative estimate of drug-likeness (QED) is 0.457. The lowest BCUT2D eigenvalue weighted by molar-refractivity contribution is -0.114. The number of carbonyl (C=O) groups excluding carboxylic acids is 1. The number of rotatable bonds is 9. The fraction of sp³-hybridized carbons (Fsp3) is 0.786. The molecule has 1 aliphatic heterocycles. The molecule has 0 aromatic carbocycles. The highest BCUT2D eigenvalue weighted by atomic mass is 16.5. The van der Waals surface area contributed by atoms with E-state index in [1.165, 1.54) is 6.08 Å². The fourth-order valence-corrected chi connectivity index (χ4v) is 2.25. The van der Waals surface area contributed by atoms with Crippen LogP contribution in [0.1, 0.15) is 19.3 Å². The van der Waals surface area contributed by atoms with Gasteiger partial charge in [-0.1, -0.05) is 6.58 Å². The van der Waals surface area contributed by atoms with Gasteiger partial charge < -0.3 is 14.5 Å². The Hall–Kier alpha value is -0.710. The lowest BCUT2D eigenvalue weighted by Gasteiger charge is -2.34. The van der Waals surface area contributed by atoms with Gasteiger partial charge in [0.05, 0.1) is 0 Å². The molecule has 0 N–H and O–H groups in total. The summed E-state index contributed by atoms with van der Waals surface area (Å²) in [5.41, 5.74) is 0. The number of methoxy groups -OCH3 is 1. The molecule has 1 saturated heterocycles. The maximum atomic E-state index is 11.1.